The summed E-state index contributed by atoms with van der Waals surface area (Å²) < 4.78 is 6.66. The van der Waals surface area contributed by atoms with E-state index < -0.39 is 5.97 Å². The van der Waals surface area contributed by atoms with Crippen LogP contribution in [0, 0.1) is 0 Å². The van der Waals surface area contributed by atoms with Crippen LogP contribution in [-0.4, -0.2) is 23.4 Å². The van der Waals surface area contributed by atoms with Crippen molar-refractivity contribution in [3.63, 3.8) is 0 Å². The molecule has 3 nitrogen and oxygen atoms in total. The zero-order valence-electron chi connectivity index (χ0n) is 11.3. The van der Waals surface area contributed by atoms with E-state index in [-0.39, 0.29) is 5.56 Å². The minimum absolute atomic E-state index is 0.270. The molecule has 0 spiro atoms. The lowest BCUT2D eigenvalue weighted by Crippen LogP contribution is -2.01. The molecule has 0 unspecified atom stereocenters. The highest BCUT2D eigenvalue weighted by atomic mass is 79.9. The van der Waals surface area contributed by atoms with Gasteiger partial charge >= 0.3 is 5.97 Å². The third-order valence-corrected chi connectivity index (χ3v) is 4.30. The highest BCUT2D eigenvalue weighted by Crippen LogP contribution is 2.17. The summed E-state index contributed by atoms with van der Waals surface area (Å²) in [5, 5.41) is 8.80. The van der Waals surface area contributed by atoms with Gasteiger partial charge in [-0.1, -0.05) is 28.1 Å². The number of rotatable bonds is 7. The van der Waals surface area contributed by atoms with E-state index in [1.54, 1.807) is 36.0 Å². The van der Waals surface area contributed by atoms with Gasteiger partial charge in [-0.05, 0) is 42.0 Å². The molecule has 2 aromatic rings. The van der Waals surface area contributed by atoms with E-state index in [1.807, 2.05) is 12.1 Å². The fourth-order valence-corrected chi connectivity index (χ4v) is 2.72. The number of carbonyl (C=O) groups is 1. The van der Waals surface area contributed by atoms with E-state index in [0.29, 0.717) is 12.4 Å². The van der Waals surface area contributed by atoms with E-state index in [4.69, 9.17) is 9.84 Å². The number of hydrogen-bond donors (Lipinski definition) is 1. The molecule has 0 fully saturated rings. The summed E-state index contributed by atoms with van der Waals surface area (Å²) in [6, 6.07) is 14.7. The van der Waals surface area contributed by atoms with E-state index in [2.05, 4.69) is 28.1 Å². The van der Waals surface area contributed by atoms with Crippen molar-refractivity contribution < 1.29 is 14.6 Å². The van der Waals surface area contributed by atoms with Crippen LogP contribution >= 0.6 is 27.7 Å². The van der Waals surface area contributed by atoms with Crippen LogP contribution in [0.5, 0.6) is 5.75 Å². The highest BCUT2D eigenvalue weighted by molar-refractivity contribution is 9.10. The molecule has 0 radical (unpaired) electrons. The topological polar surface area (TPSA) is 46.5 Å². The summed E-state index contributed by atoms with van der Waals surface area (Å²) in [7, 11) is 0. The van der Waals surface area contributed by atoms with Gasteiger partial charge in [0.25, 0.3) is 0 Å². The van der Waals surface area contributed by atoms with Crippen LogP contribution < -0.4 is 4.74 Å². The Morgan fingerprint density at radius 3 is 2.38 bits per heavy atom. The SMILES string of the molecule is O=C(O)c1ccc(OCCSCc2ccc(Br)cc2)cc1. The average Bonchev–Trinajstić information content (AvgIpc) is 2.49. The minimum Gasteiger partial charge on any atom is -0.493 e. The van der Waals surface area contributed by atoms with Crippen LogP contribution in [0.25, 0.3) is 0 Å². The molecule has 0 amide bonds. The summed E-state index contributed by atoms with van der Waals surface area (Å²) in [5.41, 5.74) is 1.56. The summed E-state index contributed by atoms with van der Waals surface area (Å²) in [5.74, 6) is 1.61. The Kier molecular flexibility index (Phi) is 6.14. The van der Waals surface area contributed by atoms with Gasteiger partial charge in [0.1, 0.15) is 5.75 Å². The first-order chi connectivity index (χ1) is 10.1. The molecule has 0 saturated carbocycles. The Bertz CT molecular complexity index is 581. The van der Waals surface area contributed by atoms with Gasteiger partial charge in [0.2, 0.25) is 0 Å². The van der Waals surface area contributed by atoms with E-state index >= 15 is 0 Å². The van der Waals surface area contributed by atoms with Crippen molar-refractivity contribution >= 4 is 33.7 Å². The lowest BCUT2D eigenvalue weighted by Gasteiger charge is -2.06. The summed E-state index contributed by atoms with van der Waals surface area (Å²) in [4.78, 5) is 10.7. The molecule has 2 rings (SSSR count). The Morgan fingerprint density at radius 2 is 1.76 bits per heavy atom. The largest absolute Gasteiger partial charge is 0.493 e. The van der Waals surface area contributed by atoms with Gasteiger partial charge in [-0.3, -0.25) is 0 Å². The van der Waals surface area contributed by atoms with E-state index in [9.17, 15) is 4.79 Å². The van der Waals surface area contributed by atoms with Crippen molar-refractivity contribution in [2.75, 3.05) is 12.4 Å². The molecule has 0 heterocycles. The van der Waals surface area contributed by atoms with Gasteiger partial charge < -0.3 is 9.84 Å². The Balaban J connectivity index is 1.67. The summed E-state index contributed by atoms with van der Waals surface area (Å²) in [6.45, 7) is 0.605. The molecule has 1 N–H and O–H groups in total. The predicted molar refractivity (Wildman–Crippen MR) is 89.2 cm³/mol. The van der Waals surface area contributed by atoms with Crippen LogP contribution in [0.1, 0.15) is 15.9 Å². The van der Waals surface area contributed by atoms with Gasteiger partial charge in [0.05, 0.1) is 12.2 Å². The number of aromatic carboxylic acids is 1. The minimum atomic E-state index is -0.924. The molecule has 0 aliphatic carbocycles. The Labute approximate surface area is 136 Å². The molecule has 0 bridgehead atoms. The van der Waals surface area contributed by atoms with Crippen LogP contribution in [0.15, 0.2) is 53.0 Å². The maximum Gasteiger partial charge on any atom is 0.335 e. The summed E-state index contributed by atoms with van der Waals surface area (Å²) >= 11 is 5.22. The number of carboxylic acids is 1. The molecule has 0 atom stereocenters. The van der Waals surface area contributed by atoms with Crippen LogP contribution in [0.2, 0.25) is 0 Å². The zero-order valence-corrected chi connectivity index (χ0v) is 13.7. The highest BCUT2D eigenvalue weighted by Gasteiger charge is 2.02. The number of carboxylic acid groups (broad SMARTS) is 1. The standard InChI is InChI=1S/C16H15BrO3S/c17-14-5-1-12(2-6-14)11-21-10-9-20-15-7-3-13(4-8-15)16(18)19/h1-8H,9-11H2,(H,18,19). The second-order valence-corrected chi connectivity index (χ2v) is 6.38. The zero-order chi connectivity index (χ0) is 15.1. The number of thioether (sulfide) groups is 1. The first kappa shape index (κ1) is 15.9. The molecule has 0 aliphatic heterocycles. The van der Waals surface area contributed by atoms with E-state index in [0.717, 1.165) is 16.0 Å². The molecule has 110 valence electrons. The molecule has 0 aromatic heterocycles. The smallest absolute Gasteiger partial charge is 0.335 e. The van der Waals surface area contributed by atoms with E-state index in [1.165, 1.54) is 5.56 Å². The van der Waals surface area contributed by atoms with Gasteiger partial charge in [-0.25, -0.2) is 4.79 Å². The maximum atomic E-state index is 10.7. The van der Waals surface area contributed by atoms with Crippen molar-refractivity contribution in [3.8, 4) is 5.75 Å². The van der Waals surface area contributed by atoms with Crippen LogP contribution in [0.4, 0.5) is 0 Å². The number of ether oxygens (including phenoxy) is 1. The van der Waals surface area contributed by atoms with Crippen LogP contribution in [0.3, 0.4) is 0 Å². The molecule has 21 heavy (non-hydrogen) atoms. The quantitative estimate of drug-likeness (QED) is 0.734. The number of hydrogen-bond acceptors (Lipinski definition) is 3. The number of halogens is 1. The predicted octanol–water partition coefficient (Wildman–Crippen LogP) is 4.46. The molecule has 5 heteroatoms. The molecule has 2 aromatic carbocycles. The molecule has 0 aliphatic rings. The monoisotopic (exact) mass is 366 g/mol. The average molecular weight is 367 g/mol. The van der Waals surface area contributed by atoms with Gasteiger partial charge in [0.15, 0.2) is 0 Å². The molecule has 0 saturated heterocycles. The third kappa shape index (κ3) is 5.44. The lowest BCUT2D eigenvalue weighted by atomic mass is 10.2. The molecular formula is C16H15BrO3S. The maximum absolute atomic E-state index is 10.7. The second kappa shape index (κ2) is 8.10. The summed E-state index contributed by atoms with van der Waals surface area (Å²) in [6.07, 6.45) is 0. The fourth-order valence-electron chi connectivity index (χ4n) is 1.68. The van der Waals surface area contributed by atoms with Gasteiger partial charge in [-0.2, -0.15) is 11.8 Å². The van der Waals surface area contributed by atoms with Crippen molar-refractivity contribution in [2.24, 2.45) is 0 Å². The van der Waals surface area contributed by atoms with Crippen LogP contribution in [-0.2, 0) is 5.75 Å². The first-order valence-corrected chi connectivity index (χ1v) is 8.38. The molecular weight excluding hydrogens is 352 g/mol. The first-order valence-electron chi connectivity index (χ1n) is 6.43. The van der Waals surface area contributed by atoms with Crippen molar-refractivity contribution in [3.05, 3.63) is 64.1 Å². The van der Waals surface area contributed by atoms with Gasteiger partial charge in [0, 0.05) is 16.0 Å². The van der Waals surface area contributed by atoms with Crippen molar-refractivity contribution in [2.45, 2.75) is 5.75 Å². The second-order valence-electron chi connectivity index (χ2n) is 4.36. The third-order valence-electron chi connectivity index (χ3n) is 2.78. The number of benzene rings is 2. The van der Waals surface area contributed by atoms with Crippen molar-refractivity contribution in [1.82, 2.24) is 0 Å². The van der Waals surface area contributed by atoms with Crippen molar-refractivity contribution in [1.29, 1.82) is 0 Å². The normalized spacial score (nSPS) is 10.3. The van der Waals surface area contributed by atoms with Gasteiger partial charge in [-0.15, -0.1) is 0 Å². The Morgan fingerprint density at radius 1 is 1.10 bits per heavy atom. The lowest BCUT2D eigenvalue weighted by molar-refractivity contribution is 0.0697. The fraction of sp³-hybridized carbons (Fsp3) is 0.188. The Hall–Kier alpha value is -1.46.